The van der Waals surface area contributed by atoms with E-state index in [2.05, 4.69) is 25.6 Å². The molecule has 0 saturated carbocycles. The first-order chi connectivity index (χ1) is 13.5. The molecule has 1 atom stereocenters. The van der Waals surface area contributed by atoms with Crippen molar-refractivity contribution >= 4 is 27.9 Å². The number of fused-ring (bicyclic) bond motifs is 1. The van der Waals surface area contributed by atoms with Crippen LogP contribution in [0.2, 0.25) is 0 Å². The zero-order chi connectivity index (χ0) is 20.1. The first kappa shape index (κ1) is 20.2. The molecule has 1 aliphatic heterocycles. The van der Waals surface area contributed by atoms with Crippen LogP contribution in [0, 0.1) is 11.6 Å². The van der Waals surface area contributed by atoms with Crippen molar-refractivity contribution in [2.75, 3.05) is 24.2 Å². The van der Waals surface area contributed by atoms with Gasteiger partial charge in [0.15, 0.2) is 5.82 Å². The van der Waals surface area contributed by atoms with Crippen molar-refractivity contribution in [2.45, 2.75) is 13.0 Å². The highest BCUT2D eigenvalue weighted by Gasteiger charge is 2.19. The molecule has 3 heterocycles. The summed E-state index contributed by atoms with van der Waals surface area (Å²) < 4.78 is 47.0. The molecular formula is C18H18F2N5O2S-. The Morgan fingerprint density at radius 2 is 2.04 bits per heavy atom. The van der Waals surface area contributed by atoms with Gasteiger partial charge >= 0.3 is 0 Å². The number of rotatable bonds is 4. The van der Waals surface area contributed by atoms with E-state index < -0.39 is 22.7 Å². The van der Waals surface area contributed by atoms with Crippen LogP contribution in [0.1, 0.15) is 6.92 Å². The molecule has 1 aromatic carbocycles. The van der Waals surface area contributed by atoms with Gasteiger partial charge in [0.25, 0.3) is 0 Å². The summed E-state index contributed by atoms with van der Waals surface area (Å²) in [5.74, 6) is -0.543. The van der Waals surface area contributed by atoms with Gasteiger partial charge in [-0.05, 0) is 18.2 Å². The van der Waals surface area contributed by atoms with E-state index in [0.29, 0.717) is 16.9 Å². The van der Waals surface area contributed by atoms with Gasteiger partial charge in [0.2, 0.25) is 5.95 Å². The number of pyridine rings is 1. The molecule has 0 bridgehead atoms. The van der Waals surface area contributed by atoms with Gasteiger partial charge in [0.1, 0.15) is 17.0 Å². The fourth-order valence-electron chi connectivity index (χ4n) is 2.50. The lowest BCUT2D eigenvalue weighted by Gasteiger charge is -2.27. The van der Waals surface area contributed by atoms with Gasteiger partial charge in [-0.25, -0.2) is 18.7 Å². The Balaban J connectivity index is 0.000000403. The summed E-state index contributed by atoms with van der Waals surface area (Å²) >= 11 is -1.82. The number of aromatic nitrogens is 3. The van der Waals surface area contributed by atoms with E-state index >= 15 is 0 Å². The van der Waals surface area contributed by atoms with Gasteiger partial charge in [-0.15, -0.1) is 0 Å². The highest BCUT2D eigenvalue weighted by molar-refractivity contribution is 7.79. The van der Waals surface area contributed by atoms with E-state index in [0.717, 1.165) is 19.3 Å². The summed E-state index contributed by atoms with van der Waals surface area (Å²) in [5.41, 5.74) is 0.682. The second-order valence-corrected chi connectivity index (χ2v) is 7.20. The Kier molecular flexibility index (Phi) is 6.55. The van der Waals surface area contributed by atoms with E-state index in [4.69, 9.17) is 0 Å². The molecule has 1 aliphatic rings. The molecule has 3 aromatic rings. The van der Waals surface area contributed by atoms with Crippen LogP contribution in [0.3, 0.4) is 0 Å². The van der Waals surface area contributed by atoms with Crippen molar-refractivity contribution in [3.63, 3.8) is 0 Å². The number of benzene rings is 1. The van der Waals surface area contributed by atoms with E-state index in [1.165, 1.54) is 12.3 Å². The van der Waals surface area contributed by atoms with E-state index in [1.54, 1.807) is 25.1 Å². The fourth-order valence-corrected chi connectivity index (χ4v) is 2.50. The van der Waals surface area contributed by atoms with Crippen molar-refractivity contribution in [1.29, 1.82) is 0 Å². The van der Waals surface area contributed by atoms with Crippen LogP contribution in [0.25, 0.3) is 22.2 Å². The number of anilines is 1. The molecule has 1 unspecified atom stereocenters. The molecule has 7 nitrogen and oxygen atoms in total. The lowest BCUT2D eigenvalue weighted by molar-refractivity contribution is 0.469. The third-order valence-electron chi connectivity index (χ3n) is 4.03. The maximum absolute atomic E-state index is 14.2. The van der Waals surface area contributed by atoms with Crippen LogP contribution in [-0.4, -0.2) is 48.6 Å². The molecule has 0 amide bonds. The number of hydrogen-bond acceptors (Lipinski definition) is 7. The summed E-state index contributed by atoms with van der Waals surface area (Å²) in [4.78, 5) is 12.1. The summed E-state index contributed by atoms with van der Waals surface area (Å²) in [5, 5.41) is 6.82. The Labute approximate surface area is 162 Å². The monoisotopic (exact) mass is 406 g/mol. The van der Waals surface area contributed by atoms with Gasteiger partial charge in [-0.2, -0.15) is 0 Å². The van der Waals surface area contributed by atoms with Crippen molar-refractivity contribution in [2.24, 2.45) is 0 Å². The standard InChI is InChI=1S/C16H13F2N5.C2H6O2S/c17-12-5-10(4-9-2-1-3-20-14(9)12)15-13(18)8-21-16(23-15)22-11-6-19-7-11;1-2-5(3)4/h1-5,8,11,19H,6-7H2,(H,21,22,23);2H2,1H3,(H,3,4)/p-1. The summed E-state index contributed by atoms with van der Waals surface area (Å²) in [7, 11) is 0. The van der Waals surface area contributed by atoms with Crippen molar-refractivity contribution in [3.8, 4) is 11.3 Å². The van der Waals surface area contributed by atoms with Gasteiger partial charge in [0.05, 0.1) is 12.2 Å². The van der Waals surface area contributed by atoms with Crippen LogP contribution in [0.4, 0.5) is 14.7 Å². The molecule has 0 radical (unpaired) electrons. The number of halogens is 2. The average Bonchev–Trinajstić information content (AvgIpc) is 2.66. The lowest BCUT2D eigenvalue weighted by atomic mass is 10.1. The van der Waals surface area contributed by atoms with Gasteiger partial charge in [-0.1, -0.05) is 24.1 Å². The zero-order valence-corrected chi connectivity index (χ0v) is 15.8. The summed E-state index contributed by atoms with van der Waals surface area (Å²) in [6, 6.07) is 6.58. The number of nitrogens with one attached hydrogen (secondary N) is 2. The fraction of sp³-hybridized carbons (Fsp3) is 0.278. The minimum absolute atomic E-state index is 0.0689. The number of hydrogen-bond donors (Lipinski definition) is 2. The Hall–Kier alpha value is -2.56. The predicted molar refractivity (Wildman–Crippen MR) is 102 cm³/mol. The molecule has 1 fully saturated rings. The molecule has 0 spiro atoms. The Morgan fingerprint density at radius 1 is 1.29 bits per heavy atom. The molecule has 28 heavy (non-hydrogen) atoms. The molecule has 2 aromatic heterocycles. The predicted octanol–water partition coefficient (Wildman–Crippen LogP) is 2.24. The maximum atomic E-state index is 14.2. The lowest BCUT2D eigenvalue weighted by Crippen LogP contribution is -2.51. The first-order valence-electron chi connectivity index (χ1n) is 8.58. The van der Waals surface area contributed by atoms with Crippen LogP contribution in [0.15, 0.2) is 36.7 Å². The van der Waals surface area contributed by atoms with Crippen LogP contribution in [-0.2, 0) is 11.1 Å². The second kappa shape index (κ2) is 9.09. The smallest absolute Gasteiger partial charge is 0.223 e. The summed E-state index contributed by atoms with van der Waals surface area (Å²) in [6.45, 7) is 3.21. The number of nitrogens with zero attached hydrogens (tertiary/aromatic N) is 3. The normalized spacial score (nSPS) is 14.7. The third kappa shape index (κ3) is 4.83. The third-order valence-corrected chi connectivity index (χ3v) is 4.50. The molecule has 2 N–H and O–H groups in total. The van der Waals surface area contributed by atoms with Crippen LogP contribution < -0.4 is 10.6 Å². The minimum atomic E-state index is -1.82. The highest BCUT2D eigenvalue weighted by Crippen LogP contribution is 2.27. The largest absolute Gasteiger partial charge is 0.772 e. The van der Waals surface area contributed by atoms with Crippen LogP contribution in [0.5, 0.6) is 0 Å². The molecular weight excluding hydrogens is 388 g/mol. The van der Waals surface area contributed by atoms with Gasteiger partial charge in [0, 0.05) is 36.0 Å². The molecule has 148 valence electrons. The van der Waals surface area contributed by atoms with Gasteiger partial charge in [-0.3, -0.25) is 9.19 Å². The second-order valence-electron chi connectivity index (χ2n) is 6.02. The quantitative estimate of drug-likeness (QED) is 0.641. The first-order valence-corrected chi connectivity index (χ1v) is 9.82. The van der Waals surface area contributed by atoms with Crippen molar-refractivity contribution in [3.05, 3.63) is 48.3 Å². The SMILES string of the molecule is CCS(=O)[O-].Fc1cnc(NC2CNC2)nc1-c1cc(F)c2ncccc2c1. The van der Waals surface area contributed by atoms with E-state index in [9.17, 15) is 17.5 Å². The molecule has 0 aliphatic carbocycles. The molecule has 1 saturated heterocycles. The average molecular weight is 406 g/mol. The molecule has 10 heteroatoms. The van der Waals surface area contributed by atoms with Gasteiger partial charge < -0.3 is 15.2 Å². The Morgan fingerprint density at radius 3 is 2.68 bits per heavy atom. The van der Waals surface area contributed by atoms with Crippen LogP contribution >= 0.6 is 0 Å². The zero-order valence-electron chi connectivity index (χ0n) is 15.0. The van der Waals surface area contributed by atoms with Crippen molar-refractivity contribution < 1.29 is 17.5 Å². The Bertz CT molecular complexity index is 1000. The minimum Gasteiger partial charge on any atom is -0.772 e. The maximum Gasteiger partial charge on any atom is 0.223 e. The van der Waals surface area contributed by atoms with E-state index in [-0.39, 0.29) is 23.0 Å². The van der Waals surface area contributed by atoms with Crippen molar-refractivity contribution in [1.82, 2.24) is 20.3 Å². The highest BCUT2D eigenvalue weighted by atomic mass is 32.2. The molecule has 4 rings (SSSR count). The topological polar surface area (TPSA) is 103 Å². The summed E-state index contributed by atoms with van der Waals surface area (Å²) in [6.07, 6.45) is 2.62. The van der Waals surface area contributed by atoms with E-state index in [1.807, 2.05) is 0 Å².